The SMILES string of the molecule is CC(CN)NCCP(c1ccccc1)c1ccccc1. The average Bonchev–Trinajstić information content (AvgIpc) is 2.53. The lowest BCUT2D eigenvalue weighted by Gasteiger charge is -2.20. The standard InChI is InChI=1S/C17H23N2P/c1-15(14-18)19-12-13-20(16-8-4-2-5-9-16)17-10-6-3-7-11-17/h2-11,15,19H,12-14,18H2,1H3. The molecule has 0 radical (unpaired) electrons. The summed E-state index contributed by atoms with van der Waals surface area (Å²) < 4.78 is 0. The highest BCUT2D eigenvalue weighted by Crippen LogP contribution is 2.32. The highest BCUT2D eigenvalue weighted by Gasteiger charge is 2.13. The molecule has 1 unspecified atom stereocenters. The molecule has 0 amide bonds. The second kappa shape index (κ2) is 8.16. The fourth-order valence-corrected chi connectivity index (χ4v) is 4.36. The van der Waals surface area contributed by atoms with Crippen molar-refractivity contribution >= 4 is 18.5 Å². The van der Waals surface area contributed by atoms with Gasteiger partial charge in [-0.1, -0.05) is 60.7 Å². The first-order chi connectivity index (χ1) is 9.81. The summed E-state index contributed by atoms with van der Waals surface area (Å²) in [6.07, 6.45) is 1.15. The van der Waals surface area contributed by atoms with Crippen molar-refractivity contribution in [2.24, 2.45) is 5.73 Å². The predicted molar refractivity (Wildman–Crippen MR) is 90.5 cm³/mol. The largest absolute Gasteiger partial charge is 0.329 e. The minimum atomic E-state index is -0.290. The summed E-state index contributed by atoms with van der Waals surface area (Å²) in [5.41, 5.74) is 5.65. The highest BCUT2D eigenvalue weighted by atomic mass is 31.1. The molecule has 0 heterocycles. The van der Waals surface area contributed by atoms with E-state index in [0.717, 1.165) is 12.7 Å². The number of rotatable bonds is 7. The molecule has 0 spiro atoms. The number of nitrogens with one attached hydrogen (secondary N) is 1. The van der Waals surface area contributed by atoms with Crippen molar-refractivity contribution in [2.45, 2.75) is 13.0 Å². The second-order valence-corrected chi connectivity index (χ2v) is 7.25. The molecule has 0 aromatic heterocycles. The van der Waals surface area contributed by atoms with Gasteiger partial charge in [-0.2, -0.15) is 0 Å². The van der Waals surface area contributed by atoms with Gasteiger partial charge in [-0.3, -0.25) is 0 Å². The van der Waals surface area contributed by atoms with Crippen LogP contribution in [-0.4, -0.2) is 25.3 Å². The third kappa shape index (κ3) is 4.42. The smallest absolute Gasteiger partial charge is 0.0162 e. The summed E-state index contributed by atoms with van der Waals surface area (Å²) in [5.74, 6) is 0. The fourth-order valence-electron chi connectivity index (χ4n) is 2.13. The Kier molecular flexibility index (Phi) is 6.20. The maximum atomic E-state index is 5.65. The van der Waals surface area contributed by atoms with Crippen LogP contribution < -0.4 is 21.7 Å². The number of hydrogen-bond donors (Lipinski definition) is 2. The Balaban J connectivity index is 2.09. The summed E-state index contributed by atoms with van der Waals surface area (Å²) in [5, 5.41) is 6.37. The van der Waals surface area contributed by atoms with Crippen molar-refractivity contribution in [2.75, 3.05) is 19.3 Å². The first-order valence-electron chi connectivity index (χ1n) is 7.12. The van der Waals surface area contributed by atoms with Crippen LogP contribution in [0.5, 0.6) is 0 Å². The Hall–Kier alpha value is -1.21. The van der Waals surface area contributed by atoms with Crippen molar-refractivity contribution in [3.63, 3.8) is 0 Å². The zero-order valence-corrected chi connectivity index (χ0v) is 12.9. The lowest BCUT2D eigenvalue weighted by Crippen LogP contribution is -2.35. The number of nitrogens with two attached hydrogens (primary N) is 1. The lowest BCUT2D eigenvalue weighted by molar-refractivity contribution is 0.579. The van der Waals surface area contributed by atoms with Gasteiger partial charge in [0.25, 0.3) is 0 Å². The van der Waals surface area contributed by atoms with Crippen LogP contribution in [0.1, 0.15) is 6.92 Å². The van der Waals surface area contributed by atoms with E-state index in [1.54, 1.807) is 0 Å². The van der Waals surface area contributed by atoms with Crippen molar-refractivity contribution in [3.05, 3.63) is 60.7 Å². The minimum absolute atomic E-state index is 0.290. The molecule has 106 valence electrons. The molecule has 2 aromatic carbocycles. The molecule has 2 rings (SSSR count). The Morgan fingerprint density at radius 3 is 1.90 bits per heavy atom. The summed E-state index contributed by atoms with van der Waals surface area (Å²) in [4.78, 5) is 0. The van der Waals surface area contributed by atoms with Gasteiger partial charge in [-0.15, -0.1) is 0 Å². The van der Waals surface area contributed by atoms with E-state index in [1.807, 2.05) is 0 Å². The molecule has 1 atom stereocenters. The van der Waals surface area contributed by atoms with E-state index in [4.69, 9.17) is 5.73 Å². The molecular formula is C17H23N2P. The van der Waals surface area contributed by atoms with Crippen LogP contribution in [0.25, 0.3) is 0 Å². The molecule has 0 saturated carbocycles. The molecular weight excluding hydrogens is 263 g/mol. The van der Waals surface area contributed by atoms with Gasteiger partial charge in [0.2, 0.25) is 0 Å². The van der Waals surface area contributed by atoms with Crippen LogP contribution in [-0.2, 0) is 0 Å². The van der Waals surface area contributed by atoms with Crippen molar-refractivity contribution in [3.8, 4) is 0 Å². The Morgan fingerprint density at radius 1 is 0.950 bits per heavy atom. The van der Waals surface area contributed by atoms with Crippen LogP contribution in [0.15, 0.2) is 60.7 Å². The third-order valence-electron chi connectivity index (χ3n) is 3.32. The number of benzene rings is 2. The maximum Gasteiger partial charge on any atom is 0.0162 e. The monoisotopic (exact) mass is 286 g/mol. The van der Waals surface area contributed by atoms with E-state index in [9.17, 15) is 0 Å². The molecule has 0 aliphatic carbocycles. The zero-order chi connectivity index (χ0) is 14.2. The first-order valence-corrected chi connectivity index (χ1v) is 8.65. The third-order valence-corrected chi connectivity index (χ3v) is 5.83. The van der Waals surface area contributed by atoms with Crippen LogP contribution in [0.4, 0.5) is 0 Å². The molecule has 0 saturated heterocycles. The van der Waals surface area contributed by atoms with E-state index >= 15 is 0 Å². The van der Waals surface area contributed by atoms with Crippen LogP contribution in [0, 0.1) is 0 Å². The molecule has 0 fully saturated rings. The van der Waals surface area contributed by atoms with E-state index in [0.29, 0.717) is 12.6 Å². The van der Waals surface area contributed by atoms with Crippen molar-refractivity contribution in [1.82, 2.24) is 5.32 Å². The van der Waals surface area contributed by atoms with Gasteiger partial charge in [0.1, 0.15) is 0 Å². The lowest BCUT2D eigenvalue weighted by atomic mass is 10.3. The van der Waals surface area contributed by atoms with E-state index in [1.165, 1.54) is 10.6 Å². The Labute approximate surface area is 123 Å². The van der Waals surface area contributed by atoms with E-state index < -0.39 is 0 Å². The summed E-state index contributed by atoms with van der Waals surface area (Å²) in [6.45, 7) is 3.83. The molecule has 0 aliphatic heterocycles. The average molecular weight is 286 g/mol. The molecule has 2 aromatic rings. The van der Waals surface area contributed by atoms with E-state index in [2.05, 4.69) is 72.9 Å². The van der Waals surface area contributed by atoms with Gasteiger partial charge < -0.3 is 11.1 Å². The first kappa shape index (κ1) is 15.2. The predicted octanol–water partition coefficient (Wildman–Crippen LogP) is 2.06. The molecule has 0 bridgehead atoms. The van der Waals surface area contributed by atoms with E-state index in [-0.39, 0.29) is 7.92 Å². The minimum Gasteiger partial charge on any atom is -0.329 e. The summed E-state index contributed by atoms with van der Waals surface area (Å²) >= 11 is 0. The zero-order valence-electron chi connectivity index (χ0n) is 12.0. The quantitative estimate of drug-likeness (QED) is 0.765. The van der Waals surface area contributed by atoms with Crippen LogP contribution >= 0.6 is 7.92 Å². The normalized spacial score (nSPS) is 12.6. The van der Waals surface area contributed by atoms with Gasteiger partial charge in [0, 0.05) is 12.6 Å². The van der Waals surface area contributed by atoms with Crippen LogP contribution in [0.3, 0.4) is 0 Å². The topological polar surface area (TPSA) is 38.0 Å². The molecule has 0 aliphatic rings. The molecule has 3 N–H and O–H groups in total. The molecule has 20 heavy (non-hydrogen) atoms. The summed E-state index contributed by atoms with van der Waals surface area (Å²) in [6, 6.07) is 22.0. The van der Waals surface area contributed by atoms with Gasteiger partial charge in [-0.25, -0.2) is 0 Å². The Morgan fingerprint density at radius 2 is 1.45 bits per heavy atom. The van der Waals surface area contributed by atoms with Crippen LogP contribution in [0.2, 0.25) is 0 Å². The van der Waals surface area contributed by atoms with Gasteiger partial charge >= 0.3 is 0 Å². The molecule has 2 nitrogen and oxygen atoms in total. The van der Waals surface area contributed by atoms with Crippen molar-refractivity contribution in [1.29, 1.82) is 0 Å². The highest BCUT2D eigenvalue weighted by molar-refractivity contribution is 7.73. The van der Waals surface area contributed by atoms with Gasteiger partial charge in [-0.05, 0) is 38.2 Å². The second-order valence-electron chi connectivity index (χ2n) is 4.91. The number of hydrogen-bond acceptors (Lipinski definition) is 2. The molecule has 3 heteroatoms. The van der Waals surface area contributed by atoms with Gasteiger partial charge in [0.15, 0.2) is 0 Å². The fraction of sp³-hybridized carbons (Fsp3) is 0.294. The van der Waals surface area contributed by atoms with Crippen molar-refractivity contribution < 1.29 is 0 Å². The van der Waals surface area contributed by atoms with Gasteiger partial charge in [0.05, 0.1) is 0 Å². The summed E-state index contributed by atoms with van der Waals surface area (Å²) in [7, 11) is -0.290. The maximum absolute atomic E-state index is 5.65. The Bertz CT molecular complexity index is 447.